The number of phenolic OH excluding ortho intramolecular Hbond substituents is 2. The molecule has 0 atom stereocenters. The van der Waals surface area contributed by atoms with Crippen LogP contribution in [0.5, 0.6) is 17.2 Å². The number of allylic oxidation sites excluding steroid dienone is 4. The average molecular weight is 423 g/mol. The van der Waals surface area contributed by atoms with E-state index in [0.29, 0.717) is 24.2 Å². The van der Waals surface area contributed by atoms with Crippen molar-refractivity contribution in [3.05, 3.63) is 83.0 Å². The largest absolute Gasteiger partial charge is 0.508 e. The van der Waals surface area contributed by atoms with Gasteiger partial charge < -0.3 is 20.1 Å². The Kier molecular flexibility index (Phi) is 8.22. The number of carbonyl (C=O) groups excluding carboxylic acids is 1. The van der Waals surface area contributed by atoms with Gasteiger partial charge in [0.25, 0.3) is 0 Å². The van der Waals surface area contributed by atoms with E-state index in [9.17, 15) is 20.1 Å². The first-order chi connectivity index (χ1) is 14.6. The van der Waals surface area contributed by atoms with Crippen LogP contribution in [0.25, 0.3) is 6.08 Å². The van der Waals surface area contributed by atoms with Crippen molar-refractivity contribution < 1.29 is 24.9 Å². The van der Waals surface area contributed by atoms with Crippen LogP contribution < -0.4 is 4.74 Å². The van der Waals surface area contributed by atoms with E-state index in [0.717, 1.165) is 11.1 Å². The minimum Gasteiger partial charge on any atom is -0.508 e. The fourth-order valence-corrected chi connectivity index (χ4v) is 2.95. The molecule has 0 aromatic heterocycles. The summed E-state index contributed by atoms with van der Waals surface area (Å²) in [5.74, 6) is 0.228. The van der Waals surface area contributed by atoms with Gasteiger partial charge in [-0.3, -0.25) is 4.79 Å². The lowest BCUT2D eigenvalue weighted by Crippen LogP contribution is -2.13. The number of hydrogen-bond acceptors (Lipinski definition) is 5. The van der Waals surface area contributed by atoms with Gasteiger partial charge in [-0.05, 0) is 69.5 Å². The fourth-order valence-electron chi connectivity index (χ4n) is 2.95. The molecule has 0 fully saturated rings. The number of ketones is 1. The van der Waals surface area contributed by atoms with Gasteiger partial charge in [0.1, 0.15) is 17.2 Å². The van der Waals surface area contributed by atoms with E-state index in [2.05, 4.69) is 0 Å². The highest BCUT2D eigenvalue weighted by atomic mass is 16.5. The van der Waals surface area contributed by atoms with Crippen LogP contribution in [0.4, 0.5) is 0 Å². The second kappa shape index (κ2) is 10.6. The standard InChI is InChI=1S/C26H30O5/c1-18(6-5-17-26(2,3)30)7-13-22-24(31-4)16-14-21(25(22)29)23(28)15-10-19-8-11-20(27)12-9-19/h5,7-12,14-17,27,29-30H,6,13H2,1-4H3. The Labute approximate surface area is 183 Å². The van der Waals surface area contributed by atoms with Gasteiger partial charge >= 0.3 is 0 Å². The predicted octanol–water partition coefficient (Wildman–Crippen LogP) is 5.21. The third kappa shape index (κ3) is 7.46. The molecule has 2 aromatic carbocycles. The molecule has 5 nitrogen and oxygen atoms in total. The summed E-state index contributed by atoms with van der Waals surface area (Å²) in [5.41, 5.74) is 1.70. The maximum absolute atomic E-state index is 12.6. The first kappa shape index (κ1) is 24.0. The van der Waals surface area contributed by atoms with Crippen molar-refractivity contribution in [2.75, 3.05) is 7.11 Å². The summed E-state index contributed by atoms with van der Waals surface area (Å²) in [4.78, 5) is 12.6. The van der Waals surface area contributed by atoms with Gasteiger partial charge in [-0.25, -0.2) is 0 Å². The lowest BCUT2D eigenvalue weighted by atomic mass is 9.99. The Morgan fingerprint density at radius 2 is 1.77 bits per heavy atom. The summed E-state index contributed by atoms with van der Waals surface area (Å²) >= 11 is 0. The predicted molar refractivity (Wildman–Crippen MR) is 124 cm³/mol. The lowest BCUT2D eigenvalue weighted by Gasteiger charge is -2.12. The van der Waals surface area contributed by atoms with Crippen LogP contribution in [0, 0.1) is 0 Å². The summed E-state index contributed by atoms with van der Waals surface area (Å²) < 4.78 is 5.37. The molecule has 164 valence electrons. The van der Waals surface area contributed by atoms with Crippen molar-refractivity contribution in [3.8, 4) is 17.2 Å². The molecule has 0 saturated heterocycles. The van der Waals surface area contributed by atoms with E-state index in [1.54, 1.807) is 62.4 Å². The monoisotopic (exact) mass is 422 g/mol. The Bertz CT molecular complexity index is 990. The first-order valence-electron chi connectivity index (χ1n) is 10.1. The van der Waals surface area contributed by atoms with Crippen molar-refractivity contribution in [2.45, 2.75) is 39.2 Å². The Hall–Kier alpha value is -3.31. The second-order valence-electron chi connectivity index (χ2n) is 7.95. The molecule has 0 aliphatic heterocycles. The Balaban J connectivity index is 2.21. The van der Waals surface area contributed by atoms with Gasteiger partial charge in [-0.1, -0.05) is 42.0 Å². The number of aromatic hydroxyl groups is 2. The molecule has 0 radical (unpaired) electrons. The van der Waals surface area contributed by atoms with E-state index in [4.69, 9.17) is 4.74 Å². The number of aliphatic hydroxyl groups is 1. The highest BCUT2D eigenvalue weighted by Gasteiger charge is 2.16. The fraction of sp³-hybridized carbons (Fsp3) is 0.269. The number of ether oxygens (including phenoxy) is 1. The van der Waals surface area contributed by atoms with Gasteiger partial charge in [0.2, 0.25) is 0 Å². The molecule has 0 aliphatic rings. The number of methoxy groups -OCH3 is 1. The van der Waals surface area contributed by atoms with Crippen LogP contribution in [0.3, 0.4) is 0 Å². The van der Waals surface area contributed by atoms with Gasteiger partial charge in [0.05, 0.1) is 18.3 Å². The van der Waals surface area contributed by atoms with E-state index in [-0.39, 0.29) is 22.8 Å². The highest BCUT2D eigenvalue weighted by Crippen LogP contribution is 2.33. The smallest absolute Gasteiger partial charge is 0.189 e. The molecule has 0 spiro atoms. The highest BCUT2D eigenvalue weighted by molar-refractivity contribution is 6.09. The van der Waals surface area contributed by atoms with Crippen LogP contribution in [-0.2, 0) is 6.42 Å². The molecule has 0 amide bonds. The van der Waals surface area contributed by atoms with Crippen molar-refractivity contribution in [3.63, 3.8) is 0 Å². The zero-order valence-electron chi connectivity index (χ0n) is 18.4. The summed E-state index contributed by atoms with van der Waals surface area (Å²) in [6.07, 6.45) is 9.69. The zero-order valence-corrected chi connectivity index (χ0v) is 18.4. The second-order valence-corrected chi connectivity index (χ2v) is 7.95. The maximum atomic E-state index is 12.6. The van der Waals surface area contributed by atoms with E-state index < -0.39 is 5.60 Å². The molecule has 2 rings (SSSR count). The minimum atomic E-state index is -0.857. The number of hydrogen-bond donors (Lipinski definition) is 3. The van der Waals surface area contributed by atoms with Crippen molar-refractivity contribution in [1.29, 1.82) is 0 Å². The average Bonchev–Trinajstić information content (AvgIpc) is 2.71. The number of benzene rings is 2. The molecule has 0 unspecified atom stereocenters. The molecule has 3 N–H and O–H groups in total. The van der Waals surface area contributed by atoms with Crippen LogP contribution >= 0.6 is 0 Å². The van der Waals surface area contributed by atoms with Gasteiger partial charge in [-0.15, -0.1) is 0 Å². The topological polar surface area (TPSA) is 87.0 Å². The van der Waals surface area contributed by atoms with Crippen molar-refractivity contribution in [2.24, 2.45) is 0 Å². The zero-order chi connectivity index (χ0) is 23.0. The summed E-state index contributed by atoms with van der Waals surface area (Å²) in [6, 6.07) is 9.69. The quantitative estimate of drug-likeness (QED) is 0.293. The lowest BCUT2D eigenvalue weighted by molar-refractivity contribution is 0.104. The SMILES string of the molecule is COc1ccc(C(=O)C=Cc2ccc(O)cc2)c(O)c1CC=C(C)CC=CC(C)(C)O. The normalized spacial score (nSPS) is 12.6. The van der Waals surface area contributed by atoms with Crippen LogP contribution in [-0.4, -0.2) is 33.8 Å². The molecular weight excluding hydrogens is 392 g/mol. The van der Waals surface area contributed by atoms with Gasteiger partial charge in [0, 0.05) is 5.56 Å². The van der Waals surface area contributed by atoms with Crippen molar-refractivity contribution in [1.82, 2.24) is 0 Å². The van der Waals surface area contributed by atoms with Crippen molar-refractivity contribution >= 4 is 11.9 Å². The Morgan fingerprint density at radius 1 is 1.10 bits per heavy atom. The number of carbonyl (C=O) groups is 1. The minimum absolute atomic E-state index is 0.101. The van der Waals surface area contributed by atoms with E-state index in [1.165, 1.54) is 13.2 Å². The molecule has 5 heteroatoms. The van der Waals surface area contributed by atoms with Gasteiger partial charge in [-0.2, -0.15) is 0 Å². The molecule has 0 bridgehead atoms. The molecule has 0 saturated carbocycles. The third-order valence-corrected chi connectivity index (χ3v) is 4.67. The third-order valence-electron chi connectivity index (χ3n) is 4.67. The van der Waals surface area contributed by atoms with Crippen LogP contribution in [0.1, 0.15) is 48.7 Å². The van der Waals surface area contributed by atoms with E-state index >= 15 is 0 Å². The molecule has 2 aromatic rings. The summed E-state index contributed by atoms with van der Waals surface area (Å²) in [5, 5.41) is 29.9. The van der Waals surface area contributed by atoms with Crippen LogP contribution in [0.2, 0.25) is 0 Å². The molecule has 0 aliphatic carbocycles. The molecular formula is C26H30O5. The molecule has 31 heavy (non-hydrogen) atoms. The number of rotatable bonds is 9. The Morgan fingerprint density at radius 3 is 2.39 bits per heavy atom. The van der Waals surface area contributed by atoms with Gasteiger partial charge in [0.15, 0.2) is 5.78 Å². The summed E-state index contributed by atoms with van der Waals surface area (Å²) in [7, 11) is 1.52. The van der Waals surface area contributed by atoms with Crippen LogP contribution in [0.15, 0.2) is 66.3 Å². The summed E-state index contributed by atoms with van der Waals surface area (Å²) in [6.45, 7) is 5.39. The first-order valence-corrected chi connectivity index (χ1v) is 10.1. The maximum Gasteiger partial charge on any atom is 0.189 e. The number of phenols is 2. The van der Waals surface area contributed by atoms with E-state index in [1.807, 2.05) is 19.1 Å². The molecule has 0 heterocycles.